The van der Waals surface area contributed by atoms with Crippen molar-refractivity contribution < 1.29 is 19.8 Å². The summed E-state index contributed by atoms with van der Waals surface area (Å²) in [5.41, 5.74) is 1.00. The van der Waals surface area contributed by atoms with E-state index in [1.54, 1.807) is 24.3 Å². The fourth-order valence-corrected chi connectivity index (χ4v) is 1.75. The summed E-state index contributed by atoms with van der Waals surface area (Å²) in [5, 5.41) is 24.9. The summed E-state index contributed by atoms with van der Waals surface area (Å²) in [5.74, 6) is -0.390. The Labute approximate surface area is 117 Å². The molecule has 20 heavy (non-hydrogen) atoms. The number of aliphatic hydroxyl groups excluding tert-OH is 2. The molecule has 0 aromatic heterocycles. The van der Waals surface area contributed by atoms with Gasteiger partial charge in [0.2, 0.25) is 5.91 Å². The van der Waals surface area contributed by atoms with E-state index in [0.29, 0.717) is 17.7 Å². The first kappa shape index (κ1) is 16.1. The van der Waals surface area contributed by atoms with Gasteiger partial charge >= 0.3 is 0 Å². The van der Waals surface area contributed by atoms with Gasteiger partial charge in [-0.2, -0.15) is 0 Å². The van der Waals surface area contributed by atoms with E-state index in [1.165, 1.54) is 14.0 Å². The minimum absolute atomic E-state index is 0.179. The van der Waals surface area contributed by atoms with Gasteiger partial charge in [0.1, 0.15) is 6.10 Å². The van der Waals surface area contributed by atoms with Gasteiger partial charge in [-0.15, -0.1) is 0 Å². The fourth-order valence-electron chi connectivity index (χ4n) is 1.75. The zero-order valence-electron chi connectivity index (χ0n) is 11.6. The first-order valence-electron chi connectivity index (χ1n) is 6.38. The smallest absolute Gasteiger partial charge is 0.251 e. The van der Waals surface area contributed by atoms with E-state index in [0.717, 1.165) is 0 Å². The molecule has 2 amide bonds. The maximum atomic E-state index is 11.4. The Hall–Kier alpha value is -1.92. The molecule has 0 heterocycles. The third-order valence-corrected chi connectivity index (χ3v) is 2.92. The number of amides is 2. The molecule has 1 aromatic rings. The Balaban J connectivity index is 2.60. The molecule has 0 fully saturated rings. The van der Waals surface area contributed by atoms with Crippen LogP contribution in [0.15, 0.2) is 24.3 Å². The van der Waals surface area contributed by atoms with Crippen molar-refractivity contribution in [1.82, 2.24) is 10.6 Å². The second kappa shape index (κ2) is 7.62. The zero-order valence-corrected chi connectivity index (χ0v) is 11.6. The van der Waals surface area contributed by atoms with E-state index in [9.17, 15) is 19.8 Å². The molecule has 2 unspecified atom stereocenters. The van der Waals surface area contributed by atoms with Crippen molar-refractivity contribution in [3.63, 3.8) is 0 Å². The Morgan fingerprint density at radius 1 is 1.20 bits per heavy atom. The van der Waals surface area contributed by atoms with Gasteiger partial charge in [0, 0.05) is 26.1 Å². The van der Waals surface area contributed by atoms with Crippen LogP contribution in [0.3, 0.4) is 0 Å². The molecule has 4 N–H and O–H groups in total. The lowest BCUT2D eigenvalue weighted by molar-refractivity contribution is -0.119. The average molecular weight is 280 g/mol. The molecule has 110 valence electrons. The summed E-state index contributed by atoms with van der Waals surface area (Å²) >= 11 is 0. The van der Waals surface area contributed by atoms with Crippen LogP contribution < -0.4 is 10.6 Å². The normalized spacial score (nSPS) is 13.4. The quantitative estimate of drug-likeness (QED) is 0.588. The van der Waals surface area contributed by atoms with E-state index in [4.69, 9.17) is 0 Å². The van der Waals surface area contributed by atoms with Gasteiger partial charge in [-0.25, -0.2) is 0 Å². The van der Waals surface area contributed by atoms with Crippen LogP contribution in [0, 0.1) is 0 Å². The van der Waals surface area contributed by atoms with Gasteiger partial charge in [0.15, 0.2) is 0 Å². The largest absolute Gasteiger partial charge is 0.390 e. The summed E-state index contributed by atoms with van der Waals surface area (Å²) in [7, 11) is 1.54. The van der Waals surface area contributed by atoms with Crippen LogP contribution in [0.4, 0.5) is 0 Å². The van der Waals surface area contributed by atoms with Crippen LogP contribution >= 0.6 is 0 Å². The van der Waals surface area contributed by atoms with Crippen molar-refractivity contribution >= 4 is 11.8 Å². The molecule has 2 atom stereocenters. The number of nitrogens with one attached hydrogen (secondary N) is 2. The van der Waals surface area contributed by atoms with Gasteiger partial charge in [0.25, 0.3) is 5.91 Å². The summed E-state index contributed by atoms with van der Waals surface area (Å²) in [6.07, 6.45) is -1.78. The molecule has 0 radical (unpaired) electrons. The van der Waals surface area contributed by atoms with Gasteiger partial charge in [-0.1, -0.05) is 12.1 Å². The highest BCUT2D eigenvalue weighted by Gasteiger charge is 2.18. The van der Waals surface area contributed by atoms with Gasteiger partial charge in [-0.3, -0.25) is 9.59 Å². The van der Waals surface area contributed by atoms with Crippen molar-refractivity contribution in [2.24, 2.45) is 0 Å². The van der Waals surface area contributed by atoms with Gasteiger partial charge in [0.05, 0.1) is 6.10 Å². The number of benzene rings is 1. The van der Waals surface area contributed by atoms with E-state index in [2.05, 4.69) is 10.6 Å². The van der Waals surface area contributed by atoms with Crippen LogP contribution in [0.5, 0.6) is 0 Å². The highest BCUT2D eigenvalue weighted by molar-refractivity contribution is 5.93. The summed E-state index contributed by atoms with van der Waals surface area (Å²) in [6, 6.07) is 6.35. The highest BCUT2D eigenvalue weighted by Crippen LogP contribution is 2.19. The predicted molar refractivity (Wildman–Crippen MR) is 74.1 cm³/mol. The molecule has 0 aliphatic heterocycles. The van der Waals surface area contributed by atoms with Crippen LogP contribution in [0.1, 0.15) is 35.4 Å². The maximum absolute atomic E-state index is 11.4. The zero-order chi connectivity index (χ0) is 15.1. The molecule has 0 aliphatic rings. The fraction of sp³-hybridized carbons (Fsp3) is 0.429. The second-order valence-electron chi connectivity index (χ2n) is 4.48. The number of hydrogen-bond acceptors (Lipinski definition) is 4. The molecule has 0 bridgehead atoms. The van der Waals surface area contributed by atoms with Crippen molar-refractivity contribution in [3.8, 4) is 0 Å². The van der Waals surface area contributed by atoms with Crippen LogP contribution in [-0.4, -0.2) is 41.7 Å². The average Bonchev–Trinajstić information content (AvgIpc) is 2.45. The first-order valence-corrected chi connectivity index (χ1v) is 6.38. The molecule has 6 heteroatoms. The van der Waals surface area contributed by atoms with Crippen LogP contribution in [-0.2, 0) is 4.79 Å². The number of aliphatic hydroxyl groups is 2. The van der Waals surface area contributed by atoms with E-state index in [-0.39, 0.29) is 18.2 Å². The molecule has 6 nitrogen and oxygen atoms in total. The second-order valence-corrected chi connectivity index (χ2v) is 4.48. The third-order valence-electron chi connectivity index (χ3n) is 2.92. The lowest BCUT2D eigenvalue weighted by Crippen LogP contribution is -2.27. The number of carbonyl (C=O) groups excluding carboxylic acids is 2. The molecule has 0 saturated carbocycles. The minimum Gasteiger partial charge on any atom is -0.390 e. The standard InChI is InChI=1S/C14H20N2O4/c1-9(17)16-8-7-12(18)13(19)10-3-5-11(6-4-10)14(20)15-2/h3-6,12-13,18-19H,7-8H2,1-2H3,(H,15,20)(H,16,17). The number of hydrogen-bond donors (Lipinski definition) is 4. The summed E-state index contributed by atoms with van der Waals surface area (Å²) < 4.78 is 0. The van der Waals surface area contributed by atoms with Crippen molar-refractivity contribution in [1.29, 1.82) is 0 Å². The lowest BCUT2D eigenvalue weighted by atomic mass is 10.0. The van der Waals surface area contributed by atoms with Gasteiger partial charge in [-0.05, 0) is 24.1 Å². The summed E-state index contributed by atoms with van der Waals surface area (Å²) in [6.45, 7) is 1.68. The van der Waals surface area contributed by atoms with E-state index < -0.39 is 12.2 Å². The monoisotopic (exact) mass is 280 g/mol. The number of carbonyl (C=O) groups is 2. The predicted octanol–water partition coefficient (Wildman–Crippen LogP) is -0.0333. The molecule has 0 spiro atoms. The molecular weight excluding hydrogens is 260 g/mol. The minimum atomic E-state index is -1.05. The van der Waals surface area contributed by atoms with Crippen LogP contribution in [0.2, 0.25) is 0 Å². The summed E-state index contributed by atoms with van der Waals surface area (Å²) in [4.78, 5) is 22.1. The Bertz CT molecular complexity index is 459. The van der Waals surface area contributed by atoms with Gasteiger partial charge < -0.3 is 20.8 Å². The van der Waals surface area contributed by atoms with Crippen LogP contribution in [0.25, 0.3) is 0 Å². The molecule has 0 aliphatic carbocycles. The molecule has 0 saturated heterocycles. The topological polar surface area (TPSA) is 98.7 Å². The SMILES string of the molecule is CNC(=O)c1ccc(C(O)C(O)CCNC(C)=O)cc1. The molecular formula is C14H20N2O4. The maximum Gasteiger partial charge on any atom is 0.251 e. The Morgan fingerprint density at radius 3 is 2.30 bits per heavy atom. The van der Waals surface area contributed by atoms with Crippen molar-refractivity contribution in [2.75, 3.05) is 13.6 Å². The van der Waals surface area contributed by atoms with Crippen molar-refractivity contribution in [3.05, 3.63) is 35.4 Å². The molecule has 1 rings (SSSR count). The van der Waals surface area contributed by atoms with E-state index >= 15 is 0 Å². The lowest BCUT2D eigenvalue weighted by Gasteiger charge is -2.18. The van der Waals surface area contributed by atoms with E-state index in [1.807, 2.05) is 0 Å². The third kappa shape index (κ3) is 4.64. The first-order chi connectivity index (χ1) is 9.45. The molecule has 1 aromatic carbocycles. The van der Waals surface area contributed by atoms with Crippen molar-refractivity contribution in [2.45, 2.75) is 25.6 Å². The Morgan fingerprint density at radius 2 is 1.80 bits per heavy atom. The highest BCUT2D eigenvalue weighted by atomic mass is 16.3. The number of rotatable bonds is 6. The Kier molecular flexibility index (Phi) is 6.14.